The van der Waals surface area contributed by atoms with Gasteiger partial charge < -0.3 is 9.88 Å². The Morgan fingerprint density at radius 1 is 1.30 bits per heavy atom. The van der Waals surface area contributed by atoms with Gasteiger partial charge in [-0.25, -0.2) is 4.98 Å². The predicted molar refractivity (Wildman–Crippen MR) is 92.3 cm³/mol. The number of fused-ring (bicyclic) bond motifs is 3. The van der Waals surface area contributed by atoms with E-state index < -0.39 is 0 Å². The molecule has 2 aliphatic carbocycles. The standard InChI is InChI=1S/C19H23N3O/c1-3-18-21-16-11-14(7-8-17(16)22(18)4-2)20-19(23)15-10-12-5-6-13(15)9-12/h5-8,11-13,15H,3-4,9-10H2,1-2H3,(H,20,23)/t12-,13+,15-/m1/s1. The van der Waals surface area contributed by atoms with Gasteiger partial charge in [0.15, 0.2) is 0 Å². The molecule has 1 amide bonds. The van der Waals surface area contributed by atoms with Gasteiger partial charge in [0.05, 0.1) is 11.0 Å². The van der Waals surface area contributed by atoms with E-state index in [4.69, 9.17) is 4.98 Å². The van der Waals surface area contributed by atoms with Crippen LogP contribution in [0.5, 0.6) is 0 Å². The fourth-order valence-corrected chi connectivity index (χ4v) is 4.20. The van der Waals surface area contributed by atoms with Crippen molar-refractivity contribution in [2.75, 3.05) is 5.32 Å². The molecule has 1 heterocycles. The molecule has 0 unspecified atom stereocenters. The molecule has 0 aliphatic heterocycles. The summed E-state index contributed by atoms with van der Waals surface area (Å²) in [5.41, 5.74) is 2.97. The van der Waals surface area contributed by atoms with Gasteiger partial charge in [0, 0.05) is 24.6 Å². The van der Waals surface area contributed by atoms with Gasteiger partial charge in [-0.05, 0) is 49.8 Å². The quantitative estimate of drug-likeness (QED) is 0.874. The van der Waals surface area contributed by atoms with Crippen LogP contribution in [0.2, 0.25) is 0 Å². The zero-order valence-corrected chi connectivity index (χ0v) is 13.7. The largest absolute Gasteiger partial charge is 0.328 e. The molecule has 1 aromatic heterocycles. The van der Waals surface area contributed by atoms with Crippen LogP contribution in [0.25, 0.3) is 11.0 Å². The summed E-state index contributed by atoms with van der Waals surface area (Å²) in [6.45, 7) is 5.18. The van der Waals surface area contributed by atoms with Crippen molar-refractivity contribution >= 4 is 22.6 Å². The molecule has 0 spiro atoms. The number of imidazole rings is 1. The second-order valence-corrected chi connectivity index (χ2v) is 6.71. The SMILES string of the molecule is CCc1nc2cc(NC(=O)[C@@H]3C[C@@H]4C=C[C@H]3C4)ccc2n1CC. The van der Waals surface area contributed by atoms with Crippen molar-refractivity contribution in [3.63, 3.8) is 0 Å². The van der Waals surface area contributed by atoms with Crippen LogP contribution in [0.3, 0.4) is 0 Å². The van der Waals surface area contributed by atoms with Crippen molar-refractivity contribution < 1.29 is 4.79 Å². The van der Waals surface area contributed by atoms with Crippen molar-refractivity contribution in [3.05, 3.63) is 36.2 Å². The molecular formula is C19H23N3O. The summed E-state index contributed by atoms with van der Waals surface area (Å²) in [6, 6.07) is 6.07. The molecule has 3 atom stereocenters. The first-order valence-electron chi connectivity index (χ1n) is 8.68. The lowest BCUT2D eigenvalue weighted by Crippen LogP contribution is -2.25. The molecule has 0 radical (unpaired) electrons. The number of allylic oxidation sites excluding steroid dienone is 2. The number of carbonyl (C=O) groups excluding carboxylic acids is 1. The van der Waals surface area contributed by atoms with Crippen molar-refractivity contribution in [3.8, 4) is 0 Å². The van der Waals surface area contributed by atoms with Crippen LogP contribution < -0.4 is 5.32 Å². The summed E-state index contributed by atoms with van der Waals surface area (Å²) in [4.78, 5) is 17.3. The lowest BCUT2D eigenvalue weighted by molar-refractivity contribution is -0.120. The van der Waals surface area contributed by atoms with E-state index >= 15 is 0 Å². The van der Waals surface area contributed by atoms with E-state index in [1.54, 1.807) is 0 Å². The average molecular weight is 309 g/mol. The van der Waals surface area contributed by atoms with Crippen LogP contribution in [0.4, 0.5) is 5.69 Å². The van der Waals surface area contributed by atoms with Gasteiger partial charge in [-0.2, -0.15) is 0 Å². The van der Waals surface area contributed by atoms with Crippen molar-refractivity contribution in [1.82, 2.24) is 9.55 Å². The molecule has 1 saturated carbocycles. The Hall–Kier alpha value is -2.10. The summed E-state index contributed by atoms with van der Waals surface area (Å²) in [7, 11) is 0. The Bertz CT molecular complexity index is 789. The van der Waals surface area contributed by atoms with E-state index in [9.17, 15) is 4.79 Å². The lowest BCUT2D eigenvalue weighted by Gasteiger charge is -2.17. The van der Waals surface area contributed by atoms with E-state index in [0.717, 1.165) is 48.4 Å². The number of benzene rings is 1. The first kappa shape index (κ1) is 14.5. The highest BCUT2D eigenvalue weighted by Crippen LogP contribution is 2.43. The first-order valence-corrected chi connectivity index (χ1v) is 8.68. The zero-order valence-electron chi connectivity index (χ0n) is 13.7. The molecule has 1 aromatic carbocycles. The smallest absolute Gasteiger partial charge is 0.228 e. The monoisotopic (exact) mass is 309 g/mol. The van der Waals surface area contributed by atoms with Crippen LogP contribution in [-0.4, -0.2) is 15.5 Å². The molecule has 1 fully saturated rings. The van der Waals surface area contributed by atoms with E-state index in [1.165, 1.54) is 0 Å². The third-order valence-electron chi connectivity index (χ3n) is 5.34. The molecule has 0 saturated heterocycles. The van der Waals surface area contributed by atoms with E-state index in [0.29, 0.717) is 11.8 Å². The summed E-state index contributed by atoms with van der Waals surface area (Å²) in [5, 5.41) is 3.10. The third kappa shape index (κ3) is 2.37. The summed E-state index contributed by atoms with van der Waals surface area (Å²) in [6.07, 6.45) is 7.56. The maximum absolute atomic E-state index is 12.6. The van der Waals surface area contributed by atoms with Gasteiger partial charge in [-0.1, -0.05) is 19.1 Å². The van der Waals surface area contributed by atoms with Gasteiger partial charge in [0.1, 0.15) is 5.82 Å². The molecule has 1 N–H and O–H groups in total. The first-order chi connectivity index (χ1) is 11.2. The second kappa shape index (κ2) is 5.52. The number of rotatable bonds is 4. The highest BCUT2D eigenvalue weighted by molar-refractivity contribution is 5.95. The molecule has 120 valence electrons. The Kier molecular flexibility index (Phi) is 3.47. The normalized spacial score (nSPS) is 25.4. The summed E-state index contributed by atoms with van der Waals surface area (Å²) >= 11 is 0. The lowest BCUT2D eigenvalue weighted by atomic mass is 9.93. The van der Waals surface area contributed by atoms with Gasteiger partial charge in [0.25, 0.3) is 0 Å². The number of amides is 1. The fraction of sp³-hybridized carbons (Fsp3) is 0.474. The molecular weight excluding hydrogens is 286 g/mol. The van der Waals surface area contributed by atoms with Crippen LogP contribution in [-0.2, 0) is 17.8 Å². The summed E-state index contributed by atoms with van der Waals surface area (Å²) in [5.74, 6) is 2.46. The number of nitrogens with zero attached hydrogens (tertiary/aromatic N) is 2. The van der Waals surface area contributed by atoms with Crippen LogP contribution >= 0.6 is 0 Å². The Labute approximate surface area is 136 Å². The topological polar surface area (TPSA) is 46.9 Å². The number of carbonyl (C=O) groups is 1. The fourth-order valence-electron chi connectivity index (χ4n) is 4.20. The maximum atomic E-state index is 12.6. The predicted octanol–water partition coefficient (Wildman–Crippen LogP) is 3.77. The average Bonchev–Trinajstić information content (AvgIpc) is 3.27. The highest BCUT2D eigenvalue weighted by Gasteiger charge is 2.39. The minimum absolute atomic E-state index is 0.139. The molecule has 23 heavy (non-hydrogen) atoms. The number of aromatic nitrogens is 2. The third-order valence-corrected chi connectivity index (χ3v) is 5.34. The van der Waals surface area contributed by atoms with E-state index in [1.807, 2.05) is 12.1 Å². The van der Waals surface area contributed by atoms with Crippen molar-refractivity contribution in [2.45, 2.75) is 39.7 Å². The Balaban J connectivity index is 1.57. The van der Waals surface area contributed by atoms with Gasteiger partial charge >= 0.3 is 0 Å². The van der Waals surface area contributed by atoms with Crippen molar-refractivity contribution in [1.29, 1.82) is 0 Å². The van der Waals surface area contributed by atoms with Gasteiger partial charge in [-0.3, -0.25) is 4.79 Å². The number of hydrogen-bond donors (Lipinski definition) is 1. The molecule has 2 aliphatic rings. The van der Waals surface area contributed by atoms with E-state index in [2.05, 4.69) is 41.9 Å². The number of anilines is 1. The Morgan fingerprint density at radius 3 is 2.83 bits per heavy atom. The molecule has 4 heteroatoms. The van der Waals surface area contributed by atoms with E-state index in [-0.39, 0.29) is 11.8 Å². The second-order valence-electron chi connectivity index (χ2n) is 6.71. The number of aryl methyl sites for hydroxylation is 2. The van der Waals surface area contributed by atoms with Crippen LogP contribution in [0, 0.1) is 17.8 Å². The van der Waals surface area contributed by atoms with Crippen LogP contribution in [0.15, 0.2) is 30.4 Å². The molecule has 2 bridgehead atoms. The summed E-state index contributed by atoms with van der Waals surface area (Å²) < 4.78 is 2.24. The number of hydrogen-bond acceptors (Lipinski definition) is 2. The Morgan fingerprint density at radius 2 is 2.17 bits per heavy atom. The van der Waals surface area contributed by atoms with Gasteiger partial charge in [-0.15, -0.1) is 0 Å². The molecule has 4 rings (SSSR count). The van der Waals surface area contributed by atoms with Gasteiger partial charge in [0.2, 0.25) is 5.91 Å². The minimum atomic E-state index is 0.139. The minimum Gasteiger partial charge on any atom is -0.328 e. The maximum Gasteiger partial charge on any atom is 0.228 e. The molecule has 2 aromatic rings. The van der Waals surface area contributed by atoms with Crippen molar-refractivity contribution in [2.24, 2.45) is 17.8 Å². The highest BCUT2D eigenvalue weighted by atomic mass is 16.1. The number of nitrogens with one attached hydrogen (secondary N) is 1. The zero-order chi connectivity index (χ0) is 16.0. The molecule has 4 nitrogen and oxygen atoms in total. The van der Waals surface area contributed by atoms with Crippen LogP contribution in [0.1, 0.15) is 32.5 Å².